The van der Waals surface area contributed by atoms with E-state index in [0.29, 0.717) is 11.6 Å². The van der Waals surface area contributed by atoms with Crippen molar-refractivity contribution in [1.82, 2.24) is 4.90 Å². The number of anilines is 2. The number of amides is 1. The number of nitrogens with zero attached hydrogens (tertiary/aromatic N) is 1. The standard InChI is InChI=1S/C15H23N3O2/c1-10-7-13(16)3-4-14(10)17-15(20)11(2)18-6-5-12(8-18)9-19/h3-4,7,11-12,19H,5-6,8-9,16H2,1-2H3,(H,17,20). The van der Waals surface area contributed by atoms with E-state index in [1.54, 1.807) is 6.07 Å². The smallest absolute Gasteiger partial charge is 0.241 e. The molecule has 110 valence electrons. The average Bonchev–Trinajstić information content (AvgIpc) is 2.89. The Balaban J connectivity index is 1.97. The van der Waals surface area contributed by atoms with Crippen LogP contribution in [0.3, 0.4) is 0 Å². The second-order valence-electron chi connectivity index (χ2n) is 5.57. The monoisotopic (exact) mass is 277 g/mol. The van der Waals surface area contributed by atoms with E-state index in [0.717, 1.165) is 30.8 Å². The number of aliphatic hydroxyl groups excluding tert-OH is 1. The fourth-order valence-electron chi connectivity index (χ4n) is 2.59. The first-order valence-electron chi connectivity index (χ1n) is 7.03. The topological polar surface area (TPSA) is 78.6 Å². The molecule has 1 amide bonds. The molecule has 2 atom stereocenters. The average molecular weight is 277 g/mol. The second-order valence-corrected chi connectivity index (χ2v) is 5.57. The molecule has 5 heteroatoms. The first kappa shape index (κ1) is 14.8. The van der Waals surface area contributed by atoms with Crippen LogP contribution in [-0.2, 0) is 4.79 Å². The first-order valence-corrected chi connectivity index (χ1v) is 7.03. The van der Waals surface area contributed by atoms with Gasteiger partial charge in [0.05, 0.1) is 6.04 Å². The minimum absolute atomic E-state index is 0.0172. The summed E-state index contributed by atoms with van der Waals surface area (Å²) in [4.78, 5) is 14.4. The van der Waals surface area contributed by atoms with E-state index in [-0.39, 0.29) is 18.6 Å². The normalized spacial score (nSPS) is 20.9. The van der Waals surface area contributed by atoms with Gasteiger partial charge in [-0.3, -0.25) is 9.69 Å². The van der Waals surface area contributed by atoms with Crippen LogP contribution in [0.4, 0.5) is 11.4 Å². The molecule has 20 heavy (non-hydrogen) atoms. The highest BCUT2D eigenvalue weighted by Crippen LogP contribution is 2.21. The number of benzene rings is 1. The van der Waals surface area contributed by atoms with Crippen LogP contribution in [-0.4, -0.2) is 41.7 Å². The molecular weight excluding hydrogens is 254 g/mol. The summed E-state index contributed by atoms with van der Waals surface area (Å²) in [7, 11) is 0. The summed E-state index contributed by atoms with van der Waals surface area (Å²) in [5.74, 6) is 0.278. The van der Waals surface area contributed by atoms with Gasteiger partial charge in [0.25, 0.3) is 0 Å². The lowest BCUT2D eigenvalue weighted by Crippen LogP contribution is -2.41. The van der Waals surface area contributed by atoms with Crippen molar-refractivity contribution in [2.75, 3.05) is 30.7 Å². The summed E-state index contributed by atoms with van der Waals surface area (Å²) in [5, 5.41) is 12.1. The van der Waals surface area contributed by atoms with Crippen molar-refractivity contribution in [3.8, 4) is 0 Å². The minimum atomic E-state index is -0.191. The number of nitrogens with one attached hydrogen (secondary N) is 1. The van der Waals surface area contributed by atoms with Crippen molar-refractivity contribution in [2.45, 2.75) is 26.3 Å². The van der Waals surface area contributed by atoms with Crippen LogP contribution in [0, 0.1) is 12.8 Å². The molecule has 1 fully saturated rings. The zero-order valence-corrected chi connectivity index (χ0v) is 12.1. The quantitative estimate of drug-likeness (QED) is 0.723. The molecule has 1 saturated heterocycles. The van der Waals surface area contributed by atoms with Gasteiger partial charge in [-0.2, -0.15) is 0 Å². The van der Waals surface area contributed by atoms with Crippen LogP contribution < -0.4 is 11.1 Å². The largest absolute Gasteiger partial charge is 0.399 e. The molecule has 0 aromatic heterocycles. The molecule has 0 radical (unpaired) electrons. The fraction of sp³-hybridized carbons (Fsp3) is 0.533. The minimum Gasteiger partial charge on any atom is -0.399 e. The maximum absolute atomic E-state index is 12.3. The number of hydrogen-bond donors (Lipinski definition) is 3. The molecule has 1 aliphatic heterocycles. The zero-order chi connectivity index (χ0) is 14.7. The Morgan fingerprint density at radius 3 is 2.95 bits per heavy atom. The van der Waals surface area contributed by atoms with Gasteiger partial charge >= 0.3 is 0 Å². The van der Waals surface area contributed by atoms with Gasteiger partial charge in [0.2, 0.25) is 5.91 Å². The molecular formula is C15H23N3O2. The van der Waals surface area contributed by atoms with E-state index in [1.165, 1.54) is 0 Å². The Bertz CT molecular complexity index is 490. The summed E-state index contributed by atoms with van der Waals surface area (Å²) in [6, 6.07) is 5.27. The summed E-state index contributed by atoms with van der Waals surface area (Å²) in [6.45, 7) is 5.67. The molecule has 2 unspecified atom stereocenters. The maximum atomic E-state index is 12.3. The lowest BCUT2D eigenvalue weighted by atomic mass is 10.1. The van der Waals surface area contributed by atoms with Crippen molar-refractivity contribution in [1.29, 1.82) is 0 Å². The highest BCUT2D eigenvalue weighted by Gasteiger charge is 2.29. The van der Waals surface area contributed by atoms with Crippen LogP contribution in [0.25, 0.3) is 0 Å². The van der Waals surface area contributed by atoms with Crippen LogP contribution in [0.1, 0.15) is 18.9 Å². The Morgan fingerprint density at radius 2 is 2.35 bits per heavy atom. The van der Waals surface area contributed by atoms with Crippen LogP contribution in [0.2, 0.25) is 0 Å². The summed E-state index contributed by atoms with van der Waals surface area (Å²) in [5.41, 5.74) is 8.16. The molecule has 0 aliphatic carbocycles. The SMILES string of the molecule is Cc1cc(N)ccc1NC(=O)C(C)N1CCC(CO)C1. The highest BCUT2D eigenvalue weighted by atomic mass is 16.3. The van der Waals surface area contributed by atoms with Crippen molar-refractivity contribution in [3.05, 3.63) is 23.8 Å². The Morgan fingerprint density at radius 1 is 1.60 bits per heavy atom. The number of hydrogen-bond acceptors (Lipinski definition) is 4. The molecule has 2 rings (SSSR count). The third kappa shape index (κ3) is 3.29. The van der Waals surface area contributed by atoms with E-state index in [9.17, 15) is 4.79 Å². The summed E-state index contributed by atoms with van der Waals surface area (Å²) < 4.78 is 0. The van der Waals surface area contributed by atoms with Gasteiger partial charge in [-0.05, 0) is 56.5 Å². The molecule has 1 aliphatic rings. The Kier molecular flexibility index (Phi) is 4.62. The lowest BCUT2D eigenvalue weighted by molar-refractivity contribution is -0.120. The molecule has 1 heterocycles. The maximum Gasteiger partial charge on any atom is 0.241 e. The highest BCUT2D eigenvalue weighted by molar-refractivity contribution is 5.95. The van der Waals surface area contributed by atoms with Gasteiger partial charge < -0.3 is 16.2 Å². The van der Waals surface area contributed by atoms with E-state index in [2.05, 4.69) is 10.2 Å². The third-order valence-corrected chi connectivity index (χ3v) is 4.01. The van der Waals surface area contributed by atoms with Gasteiger partial charge in [-0.1, -0.05) is 0 Å². The number of nitrogens with two attached hydrogens (primary N) is 1. The van der Waals surface area contributed by atoms with Gasteiger partial charge in [-0.15, -0.1) is 0 Å². The van der Waals surface area contributed by atoms with E-state index >= 15 is 0 Å². The van der Waals surface area contributed by atoms with Crippen molar-refractivity contribution in [2.24, 2.45) is 5.92 Å². The molecule has 1 aromatic carbocycles. The van der Waals surface area contributed by atoms with Crippen molar-refractivity contribution in [3.63, 3.8) is 0 Å². The number of likely N-dealkylation sites (tertiary alicyclic amines) is 1. The van der Waals surface area contributed by atoms with E-state index in [4.69, 9.17) is 10.8 Å². The number of carbonyl (C=O) groups excluding carboxylic acids is 1. The Labute approximate surface area is 119 Å². The predicted molar refractivity (Wildman–Crippen MR) is 80.4 cm³/mol. The molecule has 0 spiro atoms. The second kappa shape index (κ2) is 6.24. The van der Waals surface area contributed by atoms with Crippen LogP contribution in [0.5, 0.6) is 0 Å². The summed E-state index contributed by atoms with van der Waals surface area (Å²) >= 11 is 0. The van der Waals surface area contributed by atoms with Crippen LogP contribution >= 0.6 is 0 Å². The third-order valence-electron chi connectivity index (χ3n) is 4.01. The van der Waals surface area contributed by atoms with Crippen molar-refractivity contribution >= 4 is 17.3 Å². The number of carbonyl (C=O) groups is 1. The molecule has 5 nitrogen and oxygen atoms in total. The fourth-order valence-corrected chi connectivity index (χ4v) is 2.59. The summed E-state index contributed by atoms with van der Waals surface area (Å²) in [6.07, 6.45) is 0.953. The van der Waals surface area contributed by atoms with E-state index in [1.807, 2.05) is 26.0 Å². The van der Waals surface area contributed by atoms with E-state index < -0.39 is 0 Å². The molecule has 4 N–H and O–H groups in total. The van der Waals surface area contributed by atoms with Gasteiger partial charge in [0.15, 0.2) is 0 Å². The number of nitrogen functional groups attached to an aromatic ring is 1. The number of rotatable bonds is 4. The van der Waals surface area contributed by atoms with Crippen LogP contribution in [0.15, 0.2) is 18.2 Å². The van der Waals surface area contributed by atoms with Gasteiger partial charge in [0.1, 0.15) is 0 Å². The predicted octanol–water partition coefficient (Wildman–Crippen LogP) is 1.22. The number of aryl methyl sites for hydroxylation is 1. The lowest BCUT2D eigenvalue weighted by Gasteiger charge is -2.23. The first-order chi connectivity index (χ1) is 9.51. The van der Waals surface area contributed by atoms with Crippen molar-refractivity contribution < 1.29 is 9.90 Å². The zero-order valence-electron chi connectivity index (χ0n) is 12.1. The molecule has 0 saturated carbocycles. The Hall–Kier alpha value is -1.59. The molecule has 1 aromatic rings. The number of aliphatic hydroxyl groups is 1. The van der Waals surface area contributed by atoms with Gasteiger partial charge in [0, 0.05) is 24.5 Å². The van der Waals surface area contributed by atoms with Gasteiger partial charge in [-0.25, -0.2) is 0 Å². The molecule has 0 bridgehead atoms.